The molecule has 1 aromatic heterocycles. The van der Waals surface area contributed by atoms with Gasteiger partial charge >= 0.3 is 0 Å². The van der Waals surface area contributed by atoms with Crippen molar-refractivity contribution in [2.24, 2.45) is 5.92 Å². The number of pyridine rings is 1. The zero-order valence-electron chi connectivity index (χ0n) is 15.9. The van der Waals surface area contributed by atoms with E-state index in [1.165, 1.54) is 6.07 Å². The van der Waals surface area contributed by atoms with E-state index in [-0.39, 0.29) is 30.9 Å². The molecule has 0 fully saturated rings. The van der Waals surface area contributed by atoms with Gasteiger partial charge in [0, 0.05) is 18.2 Å². The lowest BCUT2D eigenvalue weighted by atomic mass is 10.0. The highest BCUT2D eigenvalue weighted by Gasteiger charge is 2.14. The van der Waals surface area contributed by atoms with Crippen molar-refractivity contribution < 1.29 is 14.2 Å². The summed E-state index contributed by atoms with van der Waals surface area (Å²) in [4.78, 5) is 4.50. The van der Waals surface area contributed by atoms with Crippen LogP contribution in [-0.2, 0) is 6.54 Å². The second-order valence-electron chi connectivity index (χ2n) is 6.97. The number of aromatic nitrogens is 1. The smallest absolute Gasteiger partial charge is 0.146 e. The second kappa shape index (κ2) is 8.46. The lowest BCUT2D eigenvalue weighted by Crippen LogP contribution is -2.36. The number of methoxy groups -OCH3 is 1. The Kier molecular flexibility index (Phi) is 6.04. The first-order valence-corrected chi connectivity index (χ1v) is 9.09. The predicted molar refractivity (Wildman–Crippen MR) is 106 cm³/mol. The molecule has 0 aliphatic carbocycles. The molecule has 4 nitrogen and oxygen atoms in total. The van der Waals surface area contributed by atoms with Crippen LogP contribution in [0.2, 0.25) is 0 Å². The first-order chi connectivity index (χ1) is 13.0. The molecule has 1 atom stereocenters. The van der Waals surface area contributed by atoms with Crippen LogP contribution in [0.15, 0.2) is 48.5 Å². The first-order valence-electron chi connectivity index (χ1n) is 9.09. The molecule has 3 aromatic rings. The number of ether oxygens (including phenoxy) is 1. The Morgan fingerprint density at radius 2 is 1.81 bits per heavy atom. The predicted octanol–water partition coefficient (Wildman–Crippen LogP) is 4.16. The van der Waals surface area contributed by atoms with E-state index in [1.54, 1.807) is 13.2 Å². The van der Waals surface area contributed by atoms with Crippen molar-refractivity contribution in [2.45, 2.75) is 26.4 Å². The molecule has 0 bridgehead atoms. The molecule has 0 unspecified atom stereocenters. The maximum absolute atomic E-state index is 14.2. The van der Waals surface area contributed by atoms with Crippen LogP contribution in [-0.4, -0.2) is 29.8 Å². The summed E-state index contributed by atoms with van der Waals surface area (Å²) in [5, 5.41) is 14.8. The van der Waals surface area contributed by atoms with E-state index in [1.807, 2.05) is 50.2 Å². The van der Waals surface area contributed by atoms with Crippen LogP contribution in [0.25, 0.3) is 22.0 Å². The van der Waals surface area contributed by atoms with E-state index in [2.05, 4.69) is 10.3 Å². The van der Waals surface area contributed by atoms with Gasteiger partial charge in [-0.15, -0.1) is 0 Å². The third-order valence-corrected chi connectivity index (χ3v) is 4.79. The number of aliphatic hydroxyl groups excluding tert-OH is 1. The zero-order chi connectivity index (χ0) is 19.4. The van der Waals surface area contributed by atoms with Gasteiger partial charge in [0.2, 0.25) is 0 Å². The number of halogens is 1. The van der Waals surface area contributed by atoms with Crippen molar-refractivity contribution in [1.29, 1.82) is 0 Å². The highest BCUT2D eigenvalue weighted by Crippen LogP contribution is 2.26. The lowest BCUT2D eigenvalue weighted by molar-refractivity contribution is 0.209. The van der Waals surface area contributed by atoms with Crippen molar-refractivity contribution >= 4 is 10.8 Å². The molecule has 1 heterocycles. The second-order valence-corrected chi connectivity index (χ2v) is 6.97. The summed E-state index contributed by atoms with van der Waals surface area (Å²) in [5.41, 5.74) is 1.99. The molecule has 0 saturated carbocycles. The summed E-state index contributed by atoms with van der Waals surface area (Å²) >= 11 is 0. The highest BCUT2D eigenvalue weighted by atomic mass is 19.1. The Balaban J connectivity index is 1.87. The lowest BCUT2D eigenvalue weighted by Gasteiger charge is -2.20. The molecule has 0 aliphatic heterocycles. The number of fused-ring (bicyclic) bond motifs is 1. The molecule has 0 saturated heterocycles. The summed E-state index contributed by atoms with van der Waals surface area (Å²) in [6.07, 6.45) is 0. The minimum atomic E-state index is -0.350. The molecular formula is C22H25FN2O2. The van der Waals surface area contributed by atoms with E-state index in [0.29, 0.717) is 5.69 Å². The third kappa shape index (κ3) is 4.43. The summed E-state index contributed by atoms with van der Waals surface area (Å²) in [6.45, 7) is 4.30. The van der Waals surface area contributed by atoms with E-state index < -0.39 is 0 Å². The van der Waals surface area contributed by atoms with E-state index in [4.69, 9.17) is 4.74 Å². The van der Waals surface area contributed by atoms with Gasteiger partial charge in [0.15, 0.2) is 0 Å². The standard InChI is InChI=1S/C22H25FN2O2/c1-14(2)22(13-26)24-12-21-19(23)8-9-20(25-21)17-5-4-16-11-18(27-3)7-6-15(16)10-17/h4-11,14,22,24,26H,12-13H2,1-3H3/t22-/m0/s1. The van der Waals surface area contributed by atoms with Gasteiger partial charge in [0.1, 0.15) is 11.6 Å². The first kappa shape index (κ1) is 19.3. The molecule has 0 aliphatic rings. The molecule has 3 rings (SSSR count). The molecule has 2 aromatic carbocycles. The van der Waals surface area contributed by atoms with Crippen LogP contribution in [0, 0.1) is 11.7 Å². The fraction of sp³-hybridized carbons (Fsp3) is 0.318. The van der Waals surface area contributed by atoms with E-state index in [0.717, 1.165) is 27.8 Å². The molecule has 5 heteroatoms. The topological polar surface area (TPSA) is 54.4 Å². The minimum Gasteiger partial charge on any atom is -0.497 e. The Labute approximate surface area is 159 Å². The number of hydrogen-bond acceptors (Lipinski definition) is 4. The third-order valence-electron chi connectivity index (χ3n) is 4.79. The maximum Gasteiger partial charge on any atom is 0.146 e. The highest BCUT2D eigenvalue weighted by molar-refractivity contribution is 5.87. The quantitative estimate of drug-likeness (QED) is 0.658. The number of rotatable bonds is 7. The number of nitrogens with zero attached hydrogens (tertiary/aromatic N) is 1. The average molecular weight is 368 g/mol. The van der Waals surface area contributed by atoms with Crippen LogP contribution in [0.1, 0.15) is 19.5 Å². The van der Waals surface area contributed by atoms with Gasteiger partial charge in [-0.1, -0.05) is 32.0 Å². The van der Waals surface area contributed by atoms with Gasteiger partial charge in [-0.3, -0.25) is 0 Å². The summed E-state index contributed by atoms with van der Waals surface area (Å²) < 4.78 is 19.5. The molecule has 0 spiro atoms. The monoisotopic (exact) mass is 368 g/mol. The largest absolute Gasteiger partial charge is 0.497 e. The van der Waals surface area contributed by atoms with Crippen LogP contribution in [0.3, 0.4) is 0 Å². The SMILES string of the molecule is COc1ccc2cc(-c3ccc(F)c(CN[C@@H](CO)C(C)C)n3)ccc2c1. The Morgan fingerprint density at radius 1 is 1.07 bits per heavy atom. The summed E-state index contributed by atoms with van der Waals surface area (Å²) in [7, 11) is 1.65. The molecule has 2 N–H and O–H groups in total. The van der Waals surface area contributed by atoms with Gasteiger partial charge in [0.05, 0.1) is 25.1 Å². The van der Waals surface area contributed by atoms with Gasteiger partial charge in [-0.05, 0) is 47.0 Å². The average Bonchev–Trinajstić information content (AvgIpc) is 2.68. The molecular weight excluding hydrogens is 343 g/mol. The van der Waals surface area contributed by atoms with Crippen LogP contribution in [0.4, 0.5) is 4.39 Å². The van der Waals surface area contributed by atoms with E-state index >= 15 is 0 Å². The fourth-order valence-electron chi connectivity index (χ4n) is 3.02. The number of aliphatic hydroxyl groups is 1. The van der Waals surface area contributed by atoms with Crippen molar-refractivity contribution in [3.05, 3.63) is 60.0 Å². The maximum atomic E-state index is 14.2. The number of nitrogens with one attached hydrogen (secondary N) is 1. The van der Waals surface area contributed by atoms with Crippen molar-refractivity contribution in [1.82, 2.24) is 10.3 Å². The van der Waals surface area contributed by atoms with Gasteiger partial charge in [-0.25, -0.2) is 9.37 Å². The number of benzene rings is 2. The van der Waals surface area contributed by atoms with E-state index in [9.17, 15) is 9.50 Å². The Morgan fingerprint density at radius 3 is 2.52 bits per heavy atom. The Hall–Kier alpha value is -2.50. The number of hydrogen-bond donors (Lipinski definition) is 2. The molecule has 27 heavy (non-hydrogen) atoms. The van der Waals surface area contributed by atoms with Crippen molar-refractivity contribution in [3.63, 3.8) is 0 Å². The van der Waals surface area contributed by atoms with Gasteiger partial charge < -0.3 is 15.2 Å². The van der Waals surface area contributed by atoms with Gasteiger partial charge in [-0.2, -0.15) is 0 Å². The Bertz CT molecular complexity index is 927. The van der Waals surface area contributed by atoms with Crippen LogP contribution >= 0.6 is 0 Å². The minimum absolute atomic E-state index is 0.00706. The summed E-state index contributed by atoms with van der Waals surface area (Å²) in [6, 6.07) is 15.0. The van der Waals surface area contributed by atoms with Gasteiger partial charge in [0.25, 0.3) is 0 Å². The van der Waals surface area contributed by atoms with Crippen LogP contribution < -0.4 is 10.1 Å². The zero-order valence-corrected chi connectivity index (χ0v) is 15.9. The normalized spacial score (nSPS) is 12.5. The van der Waals surface area contributed by atoms with Crippen LogP contribution in [0.5, 0.6) is 5.75 Å². The fourth-order valence-corrected chi connectivity index (χ4v) is 3.02. The molecule has 0 radical (unpaired) electrons. The molecule has 142 valence electrons. The van der Waals surface area contributed by atoms with Crippen molar-refractivity contribution in [2.75, 3.05) is 13.7 Å². The van der Waals surface area contributed by atoms with Crippen molar-refractivity contribution in [3.8, 4) is 17.0 Å². The summed E-state index contributed by atoms with van der Waals surface area (Å²) in [5.74, 6) is 0.711. The molecule has 0 amide bonds.